The van der Waals surface area contributed by atoms with E-state index in [-0.39, 0.29) is 0 Å². The van der Waals surface area contributed by atoms with Crippen LogP contribution in [0.4, 0.5) is 0 Å². The SMILES string of the molecule is Cc1noc(C)c1CNCc1ccc(Cl)c(Cl)c1. The molecule has 18 heavy (non-hydrogen) atoms. The zero-order valence-corrected chi connectivity index (χ0v) is 11.8. The Morgan fingerprint density at radius 1 is 1.17 bits per heavy atom. The molecule has 0 atom stereocenters. The third-order valence-electron chi connectivity index (χ3n) is 2.80. The highest BCUT2D eigenvalue weighted by atomic mass is 35.5. The number of nitrogens with zero attached hydrogens (tertiary/aromatic N) is 1. The molecular weight excluding hydrogens is 271 g/mol. The summed E-state index contributed by atoms with van der Waals surface area (Å²) >= 11 is 11.8. The number of halogens is 2. The molecule has 0 bridgehead atoms. The maximum Gasteiger partial charge on any atom is 0.138 e. The van der Waals surface area contributed by atoms with Crippen LogP contribution in [-0.4, -0.2) is 5.16 Å². The lowest BCUT2D eigenvalue weighted by molar-refractivity contribution is 0.392. The fraction of sp³-hybridized carbons (Fsp3) is 0.308. The van der Waals surface area contributed by atoms with Crippen molar-refractivity contribution >= 4 is 23.2 Å². The average Bonchev–Trinajstić information content (AvgIpc) is 2.65. The number of aromatic nitrogens is 1. The van der Waals surface area contributed by atoms with Gasteiger partial charge in [-0.15, -0.1) is 0 Å². The maximum atomic E-state index is 5.96. The lowest BCUT2D eigenvalue weighted by Crippen LogP contribution is -2.13. The molecule has 2 rings (SSSR count). The van der Waals surface area contributed by atoms with Gasteiger partial charge in [0.2, 0.25) is 0 Å². The van der Waals surface area contributed by atoms with Gasteiger partial charge in [-0.25, -0.2) is 0 Å². The summed E-state index contributed by atoms with van der Waals surface area (Å²) in [6.45, 7) is 5.30. The standard InChI is InChI=1S/C13H14Cl2N2O/c1-8-11(9(2)18-17-8)7-16-6-10-3-4-12(14)13(15)5-10/h3-5,16H,6-7H2,1-2H3. The lowest BCUT2D eigenvalue weighted by Gasteiger charge is -2.05. The summed E-state index contributed by atoms with van der Waals surface area (Å²) in [6.07, 6.45) is 0. The van der Waals surface area contributed by atoms with Gasteiger partial charge in [-0.2, -0.15) is 0 Å². The van der Waals surface area contributed by atoms with E-state index < -0.39 is 0 Å². The number of rotatable bonds is 4. The second kappa shape index (κ2) is 5.74. The summed E-state index contributed by atoms with van der Waals surface area (Å²) in [5, 5.41) is 8.40. The van der Waals surface area contributed by atoms with Crippen molar-refractivity contribution in [3.8, 4) is 0 Å². The van der Waals surface area contributed by atoms with Gasteiger partial charge in [0.25, 0.3) is 0 Å². The van der Waals surface area contributed by atoms with Gasteiger partial charge in [0.05, 0.1) is 15.7 Å². The summed E-state index contributed by atoms with van der Waals surface area (Å²) in [5.41, 5.74) is 3.13. The van der Waals surface area contributed by atoms with Crippen molar-refractivity contribution in [3.63, 3.8) is 0 Å². The number of benzene rings is 1. The van der Waals surface area contributed by atoms with Crippen molar-refractivity contribution < 1.29 is 4.52 Å². The average molecular weight is 285 g/mol. The van der Waals surface area contributed by atoms with Gasteiger partial charge in [0.1, 0.15) is 5.76 Å². The molecule has 3 nitrogen and oxygen atoms in total. The predicted octanol–water partition coefficient (Wildman–Crippen LogP) is 3.89. The fourth-order valence-electron chi connectivity index (χ4n) is 1.74. The van der Waals surface area contributed by atoms with Crippen LogP contribution in [0.1, 0.15) is 22.6 Å². The van der Waals surface area contributed by atoms with Crippen molar-refractivity contribution in [2.45, 2.75) is 26.9 Å². The molecule has 5 heteroatoms. The molecule has 0 saturated carbocycles. The van der Waals surface area contributed by atoms with E-state index in [1.165, 1.54) is 0 Å². The zero-order valence-electron chi connectivity index (χ0n) is 10.3. The van der Waals surface area contributed by atoms with Crippen LogP contribution >= 0.6 is 23.2 Å². The molecule has 0 aliphatic carbocycles. The van der Waals surface area contributed by atoms with E-state index in [0.717, 1.165) is 35.7 Å². The van der Waals surface area contributed by atoms with Gasteiger partial charge in [-0.3, -0.25) is 0 Å². The quantitative estimate of drug-likeness (QED) is 0.926. The number of nitrogens with one attached hydrogen (secondary N) is 1. The van der Waals surface area contributed by atoms with Crippen LogP contribution in [0.2, 0.25) is 10.0 Å². The van der Waals surface area contributed by atoms with E-state index in [4.69, 9.17) is 27.7 Å². The van der Waals surface area contributed by atoms with Crippen LogP contribution < -0.4 is 5.32 Å². The summed E-state index contributed by atoms with van der Waals surface area (Å²) in [5.74, 6) is 0.856. The van der Waals surface area contributed by atoms with E-state index in [1.807, 2.05) is 26.0 Å². The van der Waals surface area contributed by atoms with E-state index in [1.54, 1.807) is 6.07 Å². The van der Waals surface area contributed by atoms with Gasteiger partial charge < -0.3 is 9.84 Å². The van der Waals surface area contributed by atoms with Gasteiger partial charge >= 0.3 is 0 Å². The topological polar surface area (TPSA) is 38.1 Å². The lowest BCUT2D eigenvalue weighted by atomic mass is 10.2. The summed E-state index contributed by atoms with van der Waals surface area (Å²) in [6, 6.07) is 5.62. The molecule has 1 N–H and O–H groups in total. The minimum absolute atomic E-state index is 0.575. The Balaban J connectivity index is 1.94. The molecule has 0 unspecified atom stereocenters. The largest absolute Gasteiger partial charge is 0.361 e. The van der Waals surface area contributed by atoms with Gasteiger partial charge in [-0.1, -0.05) is 34.4 Å². The monoisotopic (exact) mass is 284 g/mol. The molecule has 0 amide bonds. The summed E-state index contributed by atoms with van der Waals surface area (Å²) in [4.78, 5) is 0. The second-order valence-corrected chi connectivity index (χ2v) is 4.97. The highest BCUT2D eigenvalue weighted by molar-refractivity contribution is 6.42. The van der Waals surface area contributed by atoms with E-state index in [9.17, 15) is 0 Å². The Bertz CT molecular complexity index is 532. The Kier molecular flexibility index (Phi) is 4.27. The fourth-order valence-corrected chi connectivity index (χ4v) is 2.06. The number of hydrogen-bond acceptors (Lipinski definition) is 3. The highest BCUT2D eigenvalue weighted by Crippen LogP contribution is 2.22. The maximum absolute atomic E-state index is 5.96. The van der Waals surface area contributed by atoms with E-state index in [2.05, 4.69) is 10.5 Å². The van der Waals surface area contributed by atoms with Crippen LogP contribution in [0.5, 0.6) is 0 Å². The van der Waals surface area contributed by atoms with Crippen molar-refractivity contribution in [3.05, 3.63) is 50.8 Å². The predicted molar refractivity (Wildman–Crippen MR) is 73.0 cm³/mol. The molecule has 1 heterocycles. The van der Waals surface area contributed by atoms with Crippen molar-refractivity contribution in [2.75, 3.05) is 0 Å². The number of aryl methyl sites for hydroxylation is 2. The third-order valence-corrected chi connectivity index (χ3v) is 3.54. The minimum atomic E-state index is 0.575. The highest BCUT2D eigenvalue weighted by Gasteiger charge is 2.08. The van der Waals surface area contributed by atoms with E-state index in [0.29, 0.717) is 10.0 Å². The molecule has 0 aliphatic heterocycles. The van der Waals surface area contributed by atoms with E-state index >= 15 is 0 Å². The molecular formula is C13H14Cl2N2O. The molecule has 0 fully saturated rings. The second-order valence-electron chi connectivity index (χ2n) is 4.15. The Morgan fingerprint density at radius 2 is 1.94 bits per heavy atom. The van der Waals surface area contributed by atoms with Gasteiger partial charge in [-0.05, 0) is 31.5 Å². The third kappa shape index (κ3) is 3.05. The van der Waals surface area contributed by atoms with Crippen LogP contribution in [0.15, 0.2) is 22.7 Å². The molecule has 0 radical (unpaired) electrons. The van der Waals surface area contributed by atoms with Crippen molar-refractivity contribution in [1.82, 2.24) is 10.5 Å². The van der Waals surface area contributed by atoms with Crippen molar-refractivity contribution in [2.24, 2.45) is 0 Å². The first-order valence-electron chi connectivity index (χ1n) is 5.64. The van der Waals surface area contributed by atoms with Crippen LogP contribution in [-0.2, 0) is 13.1 Å². The minimum Gasteiger partial charge on any atom is -0.361 e. The smallest absolute Gasteiger partial charge is 0.138 e. The first-order valence-corrected chi connectivity index (χ1v) is 6.40. The normalized spacial score (nSPS) is 10.9. The van der Waals surface area contributed by atoms with Gasteiger partial charge in [0, 0.05) is 18.7 Å². The summed E-state index contributed by atoms with van der Waals surface area (Å²) in [7, 11) is 0. The zero-order chi connectivity index (χ0) is 13.1. The number of hydrogen-bond donors (Lipinski definition) is 1. The Labute approximate surface area is 116 Å². The summed E-state index contributed by atoms with van der Waals surface area (Å²) < 4.78 is 5.10. The van der Waals surface area contributed by atoms with Gasteiger partial charge in [0.15, 0.2) is 0 Å². The first kappa shape index (κ1) is 13.4. The molecule has 96 valence electrons. The first-order chi connectivity index (χ1) is 8.58. The molecule has 2 aromatic rings. The van der Waals surface area contributed by atoms with Crippen LogP contribution in [0.3, 0.4) is 0 Å². The molecule has 0 spiro atoms. The van der Waals surface area contributed by atoms with Crippen LogP contribution in [0.25, 0.3) is 0 Å². The molecule has 0 aliphatic rings. The Hall–Kier alpha value is -1.03. The van der Waals surface area contributed by atoms with Crippen molar-refractivity contribution in [1.29, 1.82) is 0 Å². The molecule has 1 aromatic heterocycles. The van der Waals surface area contributed by atoms with Crippen LogP contribution in [0, 0.1) is 13.8 Å². The molecule has 0 saturated heterocycles. The molecule has 1 aromatic carbocycles. The Morgan fingerprint density at radius 3 is 2.56 bits per heavy atom.